The lowest BCUT2D eigenvalue weighted by atomic mass is 9.94. The van der Waals surface area contributed by atoms with Crippen LogP contribution in [0.15, 0.2) is 36.7 Å². The van der Waals surface area contributed by atoms with Crippen molar-refractivity contribution in [3.63, 3.8) is 0 Å². The molecule has 2 aromatic rings. The van der Waals surface area contributed by atoms with E-state index < -0.39 is 0 Å². The molecule has 0 amide bonds. The van der Waals surface area contributed by atoms with E-state index in [1.165, 1.54) is 5.56 Å². The molecule has 0 bridgehead atoms. The number of hydrogen-bond donors (Lipinski definition) is 1. The van der Waals surface area contributed by atoms with Crippen molar-refractivity contribution in [3.8, 4) is 0 Å². The van der Waals surface area contributed by atoms with Crippen molar-refractivity contribution in [1.29, 1.82) is 0 Å². The van der Waals surface area contributed by atoms with E-state index in [0.29, 0.717) is 0 Å². The van der Waals surface area contributed by atoms with Crippen molar-refractivity contribution >= 4 is 0 Å². The average Bonchev–Trinajstić information content (AvgIpc) is 2.64. The summed E-state index contributed by atoms with van der Waals surface area (Å²) in [7, 11) is 2.01. The fourth-order valence-corrected chi connectivity index (χ4v) is 1.80. The van der Waals surface area contributed by atoms with Gasteiger partial charge in [-0.25, -0.2) is 4.98 Å². The summed E-state index contributed by atoms with van der Waals surface area (Å²) in [5.74, 6) is 1.07. The first-order valence-corrected chi connectivity index (χ1v) is 5.81. The fourth-order valence-electron chi connectivity index (χ4n) is 1.80. The normalized spacial score (nSPS) is 11.8. The molecule has 0 fully saturated rings. The van der Waals surface area contributed by atoms with Gasteiger partial charge < -0.3 is 10.3 Å². The van der Waals surface area contributed by atoms with Gasteiger partial charge in [0.15, 0.2) is 0 Å². The molecular weight excluding hydrogens is 210 g/mol. The molecule has 90 valence electrons. The van der Waals surface area contributed by atoms with Crippen LogP contribution in [0.3, 0.4) is 0 Å². The molecule has 0 aliphatic heterocycles. The Hall–Kier alpha value is -1.61. The van der Waals surface area contributed by atoms with Crippen LogP contribution >= 0.6 is 0 Å². The van der Waals surface area contributed by atoms with Gasteiger partial charge in [-0.1, -0.05) is 24.3 Å². The van der Waals surface area contributed by atoms with Gasteiger partial charge >= 0.3 is 0 Å². The van der Waals surface area contributed by atoms with Gasteiger partial charge in [0, 0.05) is 31.4 Å². The standard InChI is InChI=1S/C14H19N3/c1-14(2,15)12-6-4-11(5-7-12)10-13-16-8-9-17(13)3/h4-9H,10,15H2,1-3H3. The van der Waals surface area contributed by atoms with Gasteiger partial charge in [-0.05, 0) is 25.0 Å². The van der Waals surface area contributed by atoms with Crippen molar-refractivity contribution in [2.24, 2.45) is 12.8 Å². The van der Waals surface area contributed by atoms with Gasteiger partial charge in [-0.3, -0.25) is 0 Å². The smallest absolute Gasteiger partial charge is 0.112 e. The number of aryl methyl sites for hydroxylation is 1. The molecule has 2 rings (SSSR count). The van der Waals surface area contributed by atoms with Gasteiger partial charge in [0.25, 0.3) is 0 Å². The van der Waals surface area contributed by atoms with Crippen LogP contribution in [0, 0.1) is 0 Å². The molecule has 0 atom stereocenters. The Morgan fingerprint density at radius 2 is 1.88 bits per heavy atom. The summed E-state index contributed by atoms with van der Waals surface area (Å²) in [4.78, 5) is 4.32. The second-order valence-corrected chi connectivity index (χ2v) is 5.05. The summed E-state index contributed by atoms with van der Waals surface area (Å²) in [6.45, 7) is 4.03. The molecule has 3 heteroatoms. The highest BCUT2D eigenvalue weighted by Gasteiger charge is 2.13. The van der Waals surface area contributed by atoms with Crippen LogP contribution in [0.25, 0.3) is 0 Å². The van der Waals surface area contributed by atoms with E-state index in [9.17, 15) is 0 Å². The van der Waals surface area contributed by atoms with Crippen molar-refractivity contribution < 1.29 is 0 Å². The van der Waals surface area contributed by atoms with E-state index in [1.54, 1.807) is 0 Å². The third-order valence-electron chi connectivity index (χ3n) is 2.98. The Labute approximate surface area is 102 Å². The van der Waals surface area contributed by atoms with E-state index in [4.69, 9.17) is 5.73 Å². The second kappa shape index (κ2) is 4.34. The quantitative estimate of drug-likeness (QED) is 0.877. The third-order valence-corrected chi connectivity index (χ3v) is 2.98. The number of imidazole rings is 1. The van der Waals surface area contributed by atoms with E-state index in [2.05, 4.69) is 29.2 Å². The predicted molar refractivity (Wildman–Crippen MR) is 69.7 cm³/mol. The average molecular weight is 229 g/mol. The summed E-state index contributed by atoms with van der Waals surface area (Å²) in [6.07, 6.45) is 4.65. The van der Waals surface area contributed by atoms with E-state index in [0.717, 1.165) is 17.8 Å². The predicted octanol–water partition coefficient (Wildman–Crippen LogP) is 2.20. The Bertz CT molecular complexity index is 489. The molecule has 0 saturated carbocycles. The summed E-state index contributed by atoms with van der Waals surface area (Å²) in [5.41, 5.74) is 8.19. The SMILES string of the molecule is Cn1ccnc1Cc1ccc(C(C)(C)N)cc1. The Balaban J connectivity index is 2.17. The minimum Gasteiger partial charge on any atom is -0.338 e. The maximum Gasteiger partial charge on any atom is 0.112 e. The lowest BCUT2D eigenvalue weighted by Gasteiger charge is -2.19. The molecular formula is C14H19N3. The molecule has 3 nitrogen and oxygen atoms in total. The van der Waals surface area contributed by atoms with Crippen molar-refractivity contribution in [2.75, 3.05) is 0 Å². The molecule has 1 heterocycles. The maximum absolute atomic E-state index is 6.05. The lowest BCUT2D eigenvalue weighted by Crippen LogP contribution is -2.28. The van der Waals surface area contributed by atoms with Gasteiger partial charge in [0.2, 0.25) is 0 Å². The van der Waals surface area contributed by atoms with Crippen LogP contribution in [0.4, 0.5) is 0 Å². The first kappa shape index (κ1) is 11.9. The number of rotatable bonds is 3. The molecule has 2 N–H and O–H groups in total. The highest BCUT2D eigenvalue weighted by molar-refractivity contribution is 5.28. The van der Waals surface area contributed by atoms with Crippen molar-refractivity contribution in [3.05, 3.63) is 53.6 Å². The first-order chi connectivity index (χ1) is 7.97. The van der Waals surface area contributed by atoms with Crippen molar-refractivity contribution in [1.82, 2.24) is 9.55 Å². The third kappa shape index (κ3) is 2.74. The molecule has 1 aromatic carbocycles. The zero-order chi connectivity index (χ0) is 12.5. The number of hydrogen-bond acceptors (Lipinski definition) is 2. The van der Waals surface area contributed by atoms with Crippen LogP contribution in [0.5, 0.6) is 0 Å². The van der Waals surface area contributed by atoms with Crippen LogP contribution in [0.1, 0.15) is 30.8 Å². The molecule has 1 aromatic heterocycles. The zero-order valence-corrected chi connectivity index (χ0v) is 10.6. The van der Waals surface area contributed by atoms with E-state index in [-0.39, 0.29) is 5.54 Å². The van der Waals surface area contributed by atoms with Crippen LogP contribution in [-0.2, 0) is 19.0 Å². The summed E-state index contributed by atoms with van der Waals surface area (Å²) in [6, 6.07) is 8.44. The second-order valence-electron chi connectivity index (χ2n) is 5.05. The lowest BCUT2D eigenvalue weighted by molar-refractivity contribution is 0.554. The van der Waals surface area contributed by atoms with Crippen LogP contribution in [0.2, 0.25) is 0 Å². The highest BCUT2D eigenvalue weighted by Crippen LogP contribution is 2.18. The summed E-state index contributed by atoms with van der Waals surface area (Å²) in [5, 5.41) is 0. The van der Waals surface area contributed by atoms with Crippen LogP contribution in [-0.4, -0.2) is 9.55 Å². The Morgan fingerprint density at radius 3 is 2.35 bits per heavy atom. The summed E-state index contributed by atoms with van der Waals surface area (Å²) < 4.78 is 2.04. The largest absolute Gasteiger partial charge is 0.338 e. The molecule has 0 aliphatic rings. The molecule has 0 spiro atoms. The fraction of sp³-hybridized carbons (Fsp3) is 0.357. The Morgan fingerprint density at radius 1 is 1.24 bits per heavy atom. The summed E-state index contributed by atoms with van der Waals surface area (Å²) >= 11 is 0. The first-order valence-electron chi connectivity index (χ1n) is 5.81. The topological polar surface area (TPSA) is 43.8 Å². The minimum absolute atomic E-state index is 0.276. The van der Waals surface area contributed by atoms with Gasteiger partial charge in [-0.15, -0.1) is 0 Å². The van der Waals surface area contributed by atoms with Gasteiger partial charge in [0.05, 0.1) is 0 Å². The highest BCUT2D eigenvalue weighted by atomic mass is 15.0. The maximum atomic E-state index is 6.05. The van der Waals surface area contributed by atoms with Crippen LogP contribution < -0.4 is 5.73 Å². The Kier molecular flexibility index (Phi) is 3.03. The monoisotopic (exact) mass is 229 g/mol. The zero-order valence-electron chi connectivity index (χ0n) is 10.6. The molecule has 17 heavy (non-hydrogen) atoms. The minimum atomic E-state index is -0.276. The number of benzene rings is 1. The molecule has 0 radical (unpaired) electrons. The van der Waals surface area contributed by atoms with E-state index >= 15 is 0 Å². The number of aromatic nitrogens is 2. The molecule has 0 saturated heterocycles. The van der Waals surface area contributed by atoms with Gasteiger partial charge in [-0.2, -0.15) is 0 Å². The van der Waals surface area contributed by atoms with Gasteiger partial charge in [0.1, 0.15) is 5.82 Å². The number of nitrogens with two attached hydrogens (primary N) is 1. The molecule has 0 unspecified atom stereocenters. The van der Waals surface area contributed by atoms with E-state index in [1.807, 2.05) is 37.9 Å². The van der Waals surface area contributed by atoms with Crippen molar-refractivity contribution in [2.45, 2.75) is 25.8 Å². The number of nitrogens with zero attached hydrogens (tertiary/aromatic N) is 2. The molecule has 0 aliphatic carbocycles.